The molecule has 3 atom stereocenters. The normalized spacial score (nSPS) is 20.9. The fourth-order valence-electron chi connectivity index (χ4n) is 4.33. The number of hydrogen-bond acceptors (Lipinski definition) is 7. The number of fused-ring (bicyclic) bond motifs is 2. The summed E-state index contributed by atoms with van der Waals surface area (Å²) in [6.07, 6.45) is 0. The van der Waals surface area contributed by atoms with Gasteiger partial charge < -0.3 is 10.1 Å². The van der Waals surface area contributed by atoms with Crippen LogP contribution < -0.4 is 20.2 Å². The summed E-state index contributed by atoms with van der Waals surface area (Å²) < 4.78 is 6.64. The lowest BCUT2D eigenvalue weighted by Crippen LogP contribution is -2.32. The average Bonchev–Trinajstić information content (AvgIpc) is 3.29. The van der Waals surface area contributed by atoms with E-state index in [-0.39, 0.29) is 29.1 Å². The lowest BCUT2D eigenvalue weighted by atomic mass is 9.83. The van der Waals surface area contributed by atoms with E-state index >= 15 is 0 Å². The lowest BCUT2D eigenvalue weighted by Gasteiger charge is -2.30. The number of rotatable bonds is 5. The minimum absolute atomic E-state index is 0.187. The SMILES string of the molecule is COc1ccc(C2c3sc(=O)n(CC(=O)Nc4ccc(C)cc4)c3SC3C(=O)NC(=O)C32)cc1. The molecule has 2 aliphatic rings. The molecule has 3 amide bonds. The number of nitrogens with one attached hydrogen (secondary N) is 2. The van der Waals surface area contributed by atoms with Gasteiger partial charge in [-0.2, -0.15) is 0 Å². The Labute approximate surface area is 203 Å². The van der Waals surface area contributed by atoms with E-state index in [9.17, 15) is 19.2 Å². The lowest BCUT2D eigenvalue weighted by molar-refractivity contribution is -0.126. The number of benzene rings is 2. The summed E-state index contributed by atoms with van der Waals surface area (Å²) in [5.74, 6) is -1.51. The molecule has 1 aromatic heterocycles. The van der Waals surface area contributed by atoms with E-state index in [0.717, 1.165) is 22.5 Å². The Morgan fingerprint density at radius 2 is 1.76 bits per heavy atom. The highest BCUT2D eigenvalue weighted by Crippen LogP contribution is 2.51. The molecular weight excluding hydrogens is 474 g/mol. The van der Waals surface area contributed by atoms with Crippen molar-refractivity contribution in [1.82, 2.24) is 9.88 Å². The standard InChI is InChI=1S/C24H21N3O5S2/c1-12-3-7-14(8-4-12)25-16(28)11-27-23-20(34-24(27)31)17(13-5-9-15(32-2)10-6-13)18-19(33-23)22(30)26-21(18)29/h3-10,17-19H,11H2,1-2H3,(H,25,28)(H,26,29,30). The van der Waals surface area contributed by atoms with Crippen LogP contribution in [0.15, 0.2) is 58.4 Å². The molecule has 2 aromatic carbocycles. The summed E-state index contributed by atoms with van der Waals surface area (Å²) in [6, 6.07) is 14.6. The van der Waals surface area contributed by atoms with Crippen LogP contribution in [0.25, 0.3) is 0 Å². The molecule has 1 fully saturated rings. The Balaban J connectivity index is 1.52. The van der Waals surface area contributed by atoms with Gasteiger partial charge in [0.1, 0.15) is 17.5 Å². The molecule has 0 aliphatic carbocycles. The molecule has 3 heterocycles. The van der Waals surface area contributed by atoms with Gasteiger partial charge in [0.15, 0.2) is 0 Å². The predicted molar refractivity (Wildman–Crippen MR) is 130 cm³/mol. The van der Waals surface area contributed by atoms with E-state index in [1.807, 2.05) is 31.2 Å². The van der Waals surface area contributed by atoms with Crippen LogP contribution in [0.2, 0.25) is 0 Å². The second-order valence-electron chi connectivity index (χ2n) is 8.21. The van der Waals surface area contributed by atoms with Crippen LogP contribution in [0.5, 0.6) is 5.75 Å². The average molecular weight is 496 g/mol. The first-order valence-electron chi connectivity index (χ1n) is 10.6. The van der Waals surface area contributed by atoms with Crippen LogP contribution in [0.4, 0.5) is 5.69 Å². The van der Waals surface area contributed by atoms with Gasteiger partial charge >= 0.3 is 4.87 Å². The Hall–Kier alpha value is -3.37. The summed E-state index contributed by atoms with van der Waals surface area (Å²) >= 11 is 2.20. The molecule has 0 saturated carbocycles. The fourth-order valence-corrected chi connectivity index (χ4v) is 7.07. The van der Waals surface area contributed by atoms with Crippen molar-refractivity contribution in [2.24, 2.45) is 5.92 Å². The number of methoxy groups -OCH3 is 1. The number of aryl methyl sites for hydroxylation is 1. The number of imide groups is 1. The Morgan fingerprint density at radius 3 is 2.44 bits per heavy atom. The molecule has 8 nitrogen and oxygen atoms in total. The van der Waals surface area contributed by atoms with E-state index in [0.29, 0.717) is 21.3 Å². The van der Waals surface area contributed by atoms with Crippen LogP contribution >= 0.6 is 23.1 Å². The van der Waals surface area contributed by atoms with Gasteiger partial charge in [0.05, 0.1) is 18.1 Å². The maximum atomic E-state index is 13.0. The van der Waals surface area contributed by atoms with Gasteiger partial charge in [-0.15, -0.1) is 0 Å². The molecule has 0 bridgehead atoms. The molecule has 10 heteroatoms. The van der Waals surface area contributed by atoms with Crippen molar-refractivity contribution in [3.63, 3.8) is 0 Å². The minimum atomic E-state index is -0.674. The van der Waals surface area contributed by atoms with E-state index in [1.54, 1.807) is 31.4 Å². The third kappa shape index (κ3) is 3.92. The fraction of sp³-hybridized carbons (Fsp3) is 0.250. The van der Waals surface area contributed by atoms with Gasteiger partial charge in [-0.3, -0.25) is 29.1 Å². The number of carbonyl (C=O) groups excluding carboxylic acids is 3. The summed E-state index contributed by atoms with van der Waals surface area (Å²) in [5.41, 5.74) is 2.51. The summed E-state index contributed by atoms with van der Waals surface area (Å²) in [5, 5.41) is 5.12. The second kappa shape index (κ2) is 8.77. The van der Waals surface area contributed by atoms with Crippen molar-refractivity contribution in [2.45, 2.75) is 29.7 Å². The number of carbonyl (C=O) groups is 3. The molecule has 174 valence electrons. The Kier molecular flexibility index (Phi) is 5.78. The quantitative estimate of drug-likeness (QED) is 0.527. The Morgan fingerprint density at radius 1 is 1.06 bits per heavy atom. The van der Waals surface area contributed by atoms with Crippen LogP contribution in [0.1, 0.15) is 21.9 Å². The number of hydrogen-bond donors (Lipinski definition) is 2. The number of anilines is 1. The molecule has 0 radical (unpaired) electrons. The van der Waals surface area contributed by atoms with Gasteiger partial charge in [-0.05, 0) is 36.8 Å². The minimum Gasteiger partial charge on any atom is -0.497 e. The number of amides is 3. The van der Waals surface area contributed by atoms with Crippen LogP contribution in [-0.2, 0) is 20.9 Å². The van der Waals surface area contributed by atoms with E-state index in [4.69, 9.17) is 4.74 Å². The summed E-state index contributed by atoms with van der Waals surface area (Å²) in [6.45, 7) is 1.77. The molecule has 1 saturated heterocycles. The van der Waals surface area contributed by atoms with Gasteiger partial charge in [-0.1, -0.05) is 52.9 Å². The van der Waals surface area contributed by atoms with Gasteiger partial charge in [0.25, 0.3) is 0 Å². The number of ether oxygens (including phenoxy) is 1. The zero-order valence-corrected chi connectivity index (χ0v) is 20.0. The van der Waals surface area contributed by atoms with E-state index < -0.39 is 17.1 Å². The van der Waals surface area contributed by atoms with Crippen molar-refractivity contribution in [3.8, 4) is 5.75 Å². The molecule has 0 spiro atoms. The molecule has 3 aromatic rings. The van der Waals surface area contributed by atoms with Crippen molar-refractivity contribution < 1.29 is 19.1 Å². The zero-order valence-electron chi connectivity index (χ0n) is 18.4. The highest BCUT2D eigenvalue weighted by molar-refractivity contribution is 8.00. The van der Waals surface area contributed by atoms with Crippen molar-refractivity contribution in [3.05, 3.63) is 74.2 Å². The monoisotopic (exact) mass is 495 g/mol. The van der Waals surface area contributed by atoms with Crippen LogP contribution in [-0.4, -0.2) is 34.6 Å². The molecule has 34 heavy (non-hydrogen) atoms. The first-order valence-corrected chi connectivity index (χ1v) is 12.3. The van der Waals surface area contributed by atoms with Crippen molar-refractivity contribution >= 4 is 46.5 Å². The molecule has 5 rings (SSSR count). The van der Waals surface area contributed by atoms with Crippen molar-refractivity contribution in [1.29, 1.82) is 0 Å². The molecule has 2 aliphatic heterocycles. The topological polar surface area (TPSA) is 106 Å². The largest absolute Gasteiger partial charge is 0.497 e. The van der Waals surface area contributed by atoms with E-state index in [1.165, 1.54) is 16.3 Å². The number of aromatic nitrogens is 1. The number of thioether (sulfide) groups is 1. The zero-order chi connectivity index (χ0) is 24.0. The highest BCUT2D eigenvalue weighted by atomic mass is 32.2. The molecule has 2 N–H and O–H groups in total. The number of nitrogens with zero attached hydrogens (tertiary/aromatic N) is 1. The maximum Gasteiger partial charge on any atom is 0.308 e. The second-order valence-corrected chi connectivity index (χ2v) is 10.3. The number of thiazole rings is 1. The predicted octanol–water partition coefficient (Wildman–Crippen LogP) is 2.74. The smallest absolute Gasteiger partial charge is 0.308 e. The molecular formula is C24H21N3O5S2. The first kappa shape index (κ1) is 22.4. The maximum absolute atomic E-state index is 13.0. The van der Waals surface area contributed by atoms with Gasteiger partial charge in [-0.25, -0.2) is 0 Å². The van der Waals surface area contributed by atoms with E-state index in [2.05, 4.69) is 10.6 Å². The summed E-state index contributed by atoms with van der Waals surface area (Å²) in [7, 11) is 1.57. The third-order valence-corrected chi connectivity index (χ3v) is 8.62. The highest BCUT2D eigenvalue weighted by Gasteiger charge is 2.52. The first-order chi connectivity index (χ1) is 16.4. The molecule has 3 unspecified atom stereocenters. The van der Waals surface area contributed by atoms with Crippen molar-refractivity contribution in [2.75, 3.05) is 12.4 Å². The van der Waals surface area contributed by atoms with Crippen LogP contribution in [0.3, 0.4) is 0 Å². The summed E-state index contributed by atoms with van der Waals surface area (Å²) in [4.78, 5) is 51.4. The van der Waals surface area contributed by atoms with Gasteiger partial charge in [0, 0.05) is 16.5 Å². The third-order valence-electron chi connectivity index (χ3n) is 6.00. The van der Waals surface area contributed by atoms with Crippen LogP contribution in [0, 0.1) is 12.8 Å². The Bertz CT molecular complexity index is 1340. The van der Waals surface area contributed by atoms with Gasteiger partial charge in [0.2, 0.25) is 17.7 Å².